The van der Waals surface area contributed by atoms with Gasteiger partial charge in [0.2, 0.25) is 0 Å². The number of aromatic nitrogens is 2. The summed E-state index contributed by atoms with van der Waals surface area (Å²) in [4.78, 5) is 24.6. The van der Waals surface area contributed by atoms with Gasteiger partial charge in [-0.25, -0.2) is 0 Å². The number of nitrogens with one attached hydrogen (secondary N) is 1. The fourth-order valence-electron chi connectivity index (χ4n) is 3.11. The lowest BCUT2D eigenvalue weighted by molar-refractivity contribution is 0.176. The Morgan fingerprint density at radius 1 is 1.36 bits per heavy atom. The molecule has 1 saturated heterocycles. The summed E-state index contributed by atoms with van der Waals surface area (Å²) >= 11 is 5.27. The van der Waals surface area contributed by atoms with Crippen molar-refractivity contribution in [3.63, 3.8) is 0 Å². The van der Waals surface area contributed by atoms with E-state index in [1.165, 1.54) is 0 Å². The number of nitrogens with zero attached hydrogens (tertiary/aromatic N) is 4. The van der Waals surface area contributed by atoms with Gasteiger partial charge in [0.05, 0.1) is 28.5 Å². The molecule has 0 spiro atoms. The van der Waals surface area contributed by atoms with Gasteiger partial charge in [-0.3, -0.25) is 14.7 Å². The molecule has 130 valence electrons. The van der Waals surface area contributed by atoms with E-state index in [2.05, 4.69) is 25.8 Å². The number of hydrogen-bond donors (Lipinski definition) is 1. The van der Waals surface area contributed by atoms with Gasteiger partial charge < -0.3 is 9.88 Å². The van der Waals surface area contributed by atoms with Crippen LogP contribution in [0.4, 0.5) is 0 Å². The molecule has 0 radical (unpaired) electrons. The molecule has 0 aromatic carbocycles. The second-order valence-electron chi connectivity index (χ2n) is 6.25. The van der Waals surface area contributed by atoms with Gasteiger partial charge in [-0.2, -0.15) is 5.26 Å². The highest BCUT2D eigenvalue weighted by Crippen LogP contribution is 2.14. The van der Waals surface area contributed by atoms with Crippen molar-refractivity contribution in [3.8, 4) is 6.07 Å². The fourth-order valence-corrected chi connectivity index (χ4v) is 3.36. The van der Waals surface area contributed by atoms with Crippen molar-refractivity contribution in [1.29, 1.82) is 5.26 Å². The molecule has 2 aromatic heterocycles. The molecule has 0 saturated carbocycles. The van der Waals surface area contributed by atoms with E-state index >= 15 is 0 Å². The molecule has 25 heavy (non-hydrogen) atoms. The molecule has 0 aliphatic carbocycles. The van der Waals surface area contributed by atoms with Crippen LogP contribution in [0.15, 0.2) is 23.1 Å². The smallest absolute Gasteiger partial charge is 0.251 e. The van der Waals surface area contributed by atoms with Crippen LogP contribution in [-0.4, -0.2) is 50.9 Å². The monoisotopic (exact) mass is 355 g/mol. The predicted molar refractivity (Wildman–Crippen MR) is 101 cm³/mol. The van der Waals surface area contributed by atoms with E-state index < -0.39 is 0 Å². The van der Waals surface area contributed by atoms with E-state index in [0.717, 1.165) is 59.9 Å². The molecule has 6 nitrogen and oxygen atoms in total. The first kappa shape index (κ1) is 17.5. The van der Waals surface area contributed by atoms with Crippen LogP contribution in [-0.2, 0) is 13.0 Å². The average molecular weight is 355 g/mol. The van der Waals surface area contributed by atoms with Crippen LogP contribution in [0.25, 0.3) is 11.0 Å². The molecule has 1 aliphatic heterocycles. The Morgan fingerprint density at radius 2 is 2.12 bits per heavy atom. The van der Waals surface area contributed by atoms with E-state index in [0.29, 0.717) is 12.8 Å². The number of hydrogen-bond acceptors (Lipinski definition) is 5. The maximum atomic E-state index is 12.0. The third-order valence-corrected chi connectivity index (χ3v) is 4.97. The molecule has 1 N–H and O–H groups in total. The van der Waals surface area contributed by atoms with Crippen molar-refractivity contribution in [2.24, 2.45) is 0 Å². The van der Waals surface area contributed by atoms with E-state index in [-0.39, 0.29) is 5.56 Å². The van der Waals surface area contributed by atoms with E-state index in [1.807, 2.05) is 25.3 Å². The Kier molecular flexibility index (Phi) is 5.41. The molecule has 0 bridgehead atoms. The molecule has 3 heterocycles. The van der Waals surface area contributed by atoms with Gasteiger partial charge in [0.15, 0.2) is 0 Å². The molecule has 0 unspecified atom stereocenters. The third kappa shape index (κ3) is 4.03. The van der Waals surface area contributed by atoms with Gasteiger partial charge in [0.1, 0.15) is 0 Å². The zero-order chi connectivity index (χ0) is 17.8. The maximum absolute atomic E-state index is 12.0. The molecule has 1 aliphatic rings. The first-order chi connectivity index (χ1) is 12.1. The molecule has 1 fully saturated rings. The molecular formula is C18H21N5OS. The summed E-state index contributed by atoms with van der Waals surface area (Å²) in [5.74, 6) is 0. The van der Waals surface area contributed by atoms with Crippen LogP contribution >= 0.6 is 12.2 Å². The van der Waals surface area contributed by atoms with Crippen LogP contribution in [0.5, 0.6) is 0 Å². The van der Waals surface area contributed by atoms with Crippen molar-refractivity contribution < 1.29 is 0 Å². The number of aryl methyl sites for hydroxylation is 1. The quantitative estimate of drug-likeness (QED) is 0.844. The van der Waals surface area contributed by atoms with Gasteiger partial charge in [0, 0.05) is 44.5 Å². The van der Waals surface area contributed by atoms with Gasteiger partial charge in [-0.1, -0.05) is 19.1 Å². The molecule has 3 rings (SSSR count). The van der Waals surface area contributed by atoms with Crippen molar-refractivity contribution in [2.75, 3.05) is 26.2 Å². The summed E-state index contributed by atoms with van der Waals surface area (Å²) in [5, 5.41) is 8.75. The maximum Gasteiger partial charge on any atom is 0.251 e. The number of pyridine rings is 2. The fraction of sp³-hybridized carbons (Fsp3) is 0.444. The number of fused-ring (bicyclic) bond motifs is 1. The number of aromatic amines is 1. The molecule has 0 atom stereocenters. The standard InChI is InChI=1S/C18H21N5OS/c1-2-14-10-15-16(21-18(14)24)9-13(11-20-15)12-22-5-7-23(8-6-22)17(25)3-4-19/h9-11H,2-3,5-8,12H2,1H3,(H,21,24). The predicted octanol–water partition coefficient (Wildman–Crippen LogP) is 1.84. The van der Waals surface area contributed by atoms with Crippen molar-refractivity contribution in [2.45, 2.75) is 26.3 Å². The lowest BCUT2D eigenvalue weighted by Crippen LogP contribution is -2.47. The van der Waals surface area contributed by atoms with Crippen molar-refractivity contribution >= 4 is 28.2 Å². The highest BCUT2D eigenvalue weighted by molar-refractivity contribution is 7.80. The van der Waals surface area contributed by atoms with Gasteiger partial charge in [-0.15, -0.1) is 0 Å². The summed E-state index contributed by atoms with van der Waals surface area (Å²) in [7, 11) is 0. The van der Waals surface area contributed by atoms with E-state index in [4.69, 9.17) is 17.5 Å². The van der Waals surface area contributed by atoms with E-state index in [9.17, 15) is 4.79 Å². The lowest BCUT2D eigenvalue weighted by atomic mass is 10.1. The topological polar surface area (TPSA) is 76.0 Å². The second-order valence-corrected chi connectivity index (χ2v) is 6.72. The molecular weight excluding hydrogens is 334 g/mol. The number of H-pyrrole nitrogens is 1. The summed E-state index contributed by atoms with van der Waals surface area (Å²) in [6, 6.07) is 5.99. The second kappa shape index (κ2) is 7.72. The zero-order valence-electron chi connectivity index (χ0n) is 14.3. The Hall–Kier alpha value is -2.30. The summed E-state index contributed by atoms with van der Waals surface area (Å²) in [6.45, 7) is 6.24. The molecule has 7 heteroatoms. The number of thiocarbonyl (C=S) groups is 1. The average Bonchev–Trinajstić information content (AvgIpc) is 2.62. The van der Waals surface area contributed by atoms with Crippen LogP contribution in [0.1, 0.15) is 24.5 Å². The van der Waals surface area contributed by atoms with Crippen LogP contribution in [0.2, 0.25) is 0 Å². The SMILES string of the molecule is CCc1cc2ncc(CN3CCN(C(=S)CC#N)CC3)cc2[nH]c1=O. The van der Waals surface area contributed by atoms with Crippen LogP contribution < -0.4 is 5.56 Å². The summed E-state index contributed by atoms with van der Waals surface area (Å²) in [6.07, 6.45) is 2.90. The Balaban J connectivity index is 1.67. The normalized spacial score (nSPS) is 15.3. The number of piperazine rings is 1. The van der Waals surface area contributed by atoms with Crippen LogP contribution in [0.3, 0.4) is 0 Å². The Morgan fingerprint density at radius 3 is 2.80 bits per heavy atom. The minimum Gasteiger partial charge on any atom is -0.363 e. The highest BCUT2D eigenvalue weighted by atomic mass is 32.1. The lowest BCUT2D eigenvalue weighted by Gasteiger charge is -2.35. The number of rotatable bonds is 4. The Bertz CT molecular complexity index is 877. The van der Waals surface area contributed by atoms with E-state index in [1.54, 1.807) is 0 Å². The highest BCUT2D eigenvalue weighted by Gasteiger charge is 2.19. The van der Waals surface area contributed by atoms with Gasteiger partial charge >= 0.3 is 0 Å². The first-order valence-electron chi connectivity index (χ1n) is 8.48. The Labute approximate surface area is 152 Å². The summed E-state index contributed by atoms with van der Waals surface area (Å²) in [5.41, 5.74) is 3.42. The van der Waals surface area contributed by atoms with Gasteiger partial charge in [-0.05, 0) is 24.1 Å². The van der Waals surface area contributed by atoms with Crippen LogP contribution in [0, 0.1) is 11.3 Å². The summed E-state index contributed by atoms with van der Waals surface area (Å²) < 4.78 is 0. The minimum atomic E-state index is -0.0337. The number of nitriles is 1. The largest absolute Gasteiger partial charge is 0.363 e. The molecule has 2 aromatic rings. The first-order valence-corrected chi connectivity index (χ1v) is 8.89. The van der Waals surface area contributed by atoms with Crippen molar-refractivity contribution in [3.05, 3.63) is 39.8 Å². The third-order valence-electron chi connectivity index (χ3n) is 4.57. The minimum absolute atomic E-state index is 0.0337. The zero-order valence-corrected chi connectivity index (χ0v) is 15.1. The van der Waals surface area contributed by atoms with Crippen molar-refractivity contribution in [1.82, 2.24) is 19.8 Å². The van der Waals surface area contributed by atoms with Gasteiger partial charge in [0.25, 0.3) is 5.56 Å². The molecule has 0 amide bonds.